The highest BCUT2D eigenvalue weighted by Gasteiger charge is 2.33. The summed E-state index contributed by atoms with van der Waals surface area (Å²) in [6.45, 7) is 0.456. The molecule has 0 radical (unpaired) electrons. The highest BCUT2D eigenvalue weighted by Crippen LogP contribution is 2.31. The van der Waals surface area contributed by atoms with Crippen molar-refractivity contribution in [3.05, 3.63) is 47.5 Å². The van der Waals surface area contributed by atoms with E-state index in [9.17, 15) is 13.2 Å². The van der Waals surface area contributed by atoms with E-state index in [1.54, 1.807) is 18.2 Å². The van der Waals surface area contributed by atoms with Crippen molar-refractivity contribution in [2.24, 2.45) is 5.92 Å². The molecule has 29 heavy (non-hydrogen) atoms. The van der Waals surface area contributed by atoms with Crippen molar-refractivity contribution in [2.45, 2.75) is 17.7 Å². The zero-order valence-electron chi connectivity index (χ0n) is 16.2. The van der Waals surface area contributed by atoms with Crippen molar-refractivity contribution in [3.8, 4) is 11.5 Å². The Morgan fingerprint density at radius 2 is 1.86 bits per heavy atom. The lowest BCUT2D eigenvalue weighted by atomic mass is 9.98. The number of nitrogens with zero attached hydrogens (tertiary/aromatic N) is 1. The smallest absolute Gasteiger partial charge is 0.243 e. The molecule has 0 aromatic heterocycles. The second-order valence-corrected chi connectivity index (χ2v) is 9.03. The summed E-state index contributed by atoms with van der Waals surface area (Å²) in [5, 5.41) is 3.06. The normalized spacial score (nSPS) is 17.6. The van der Waals surface area contributed by atoms with Crippen molar-refractivity contribution in [2.75, 3.05) is 32.6 Å². The summed E-state index contributed by atoms with van der Waals surface area (Å²) in [5.74, 6) is 0.256. The van der Waals surface area contributed by atoms with Crippen LogP contribution in [0.3, 0.4) is 0 Å². The van der Waals surface area contributed by atoms with Crippen LogP contribution in [0, 0.1) is 5.92 Å². The van der Waals surface area contributed by atoms with Crippen LogP contribution < -0.4 is 14.8 Å². The van der Waals surface area contributed by atoms with E-state index in [2.05, 4.69) is 5.32 Å². The van der Waals surface area contributed by atoms with E-state index in [4.69, 9.17) is 21.1 Å². The molecule has 156 valence electrons. The molecule has 0 spiro atoms. The topological polar surface area (TPSA) is 84.9 Å². The van der Waals surface area contributed by atoms with E-state index in [0.29, 0.717) is 36.6 Å². The van der Waals surface area contributed by atoms with Crippen LogP contribution in [0.5, 0.6) is 11.5 Å². The quantitative estimate of drug-likeness (QED) is 0.747. The number of sulfonamides is 1. The first-order chi connectivity index (χ1) is 13.9. The molecule has 1 aliphatic rings. The molecule has 1 heterocycles. The number of rotatable bonds is 6. The number of hydrogen-bond acceptors (Lipinski definition) is 5. The molecule has 2 aromatic carbocycles. The van der Waals surface area contributed by atoms with Gasteiger partial charge in [0, 0.05) is 13.1 Å². The SMILES string of the molecule is COc1ccc(S(=O)(=O)N2CCC[C@H](C(=O)Nc3ccccc3OC)C2)cc1Cl. The Hall–Kier alpha value is -2.29. The molecule has 0 unspecified atom stereocenters. The number of amides is 1. The lowest BCUT2D eigenvalue weighted by molar-refractivity contribution is -0.120. The van der Waals surface area contributed by atoms with Gasteiger partial charge in [0.25, 0.3) is 0 Å². The number of methoxy groups -OCH3 is 2. The van der Waals surface area contributed by atoms with E-state index >= 15 is 0 Å². The molecular formula is C20H23ClN2O5S. The second kappa shape index (κ2) is 9.02. The zero-order valence-corrected chi connectivity index (χ0v) is 17.8. The van der Waals surface area contributed by atoms with Crippen LogP contribution in [0.2, 0.25) is 5.02 Å². The third-order valence-electron chi connectivity index (χ3n) is 4.88. The molecule has 0 aliphatic carbocycles. The molecule has 9 heteroatoms. The predicted octanol–water partition coefficient (Wildman–Crippen LogP) is 3.40. The maximum absolute atomic E-state index is 13.0. The van der Waals surface area contributed by atoms with Crippen LogP contribution in [-0.4, -0.2) is 45.9 Å². The number of anilines is 1. The summed E-state index contributed by atoms with van der Waals surface area (Å²) in [6.07, 6.45) is 1.20. The van der Waals surface area contributed by atoms with Crippen molar-refractivity contribution >= 4 is 33.2 Å². The third kappa shape index (κ3) is 4.66. The minimum absolute atomic E-state index is 0.0779. The first-order valence-electron chi connectivity index (χ1n) is 9.14. The first kappa shape index (κ1) is 21.4. The molecular weight excluding hydrogens is 416 g/mol. The van der Waals surface area contributed by atoms with E-state index in [1.807, 2.05) is 6.07 Å². The van der Waals surface area contributed by atoms with Gasteiger partial charge in [-0.1, -0.05) is 23.7 Å². The standard InChI is InChI=1S/C20H23ClN2O5S/c1-27-18-10-9-15(12-16(18)21)29(25,26)23-11-5-6-14(13-23)20(24)22-17-7-3-4-8-19(17)28-2/h3-4,7-10,12,14H,5-6,11,13H2,1-2H3,(H,22,24)/t14-/m0/s1. The average molecular weight is 439 g/mol. The Labute approximate surface area is 175 Å². The molecule has 1 amide bonds. The summed E-state index contributed by atoms with van der Waals surface area (Å²) < 4.78 is 37.7. The molecule has 0 bridgehead atoms. The van der Waals surface area contributed by atoms with E-state index in [-0.39, 0.29) is 22.4 Å². The predicted molar refractivity (Wildman–Crippen MR) is 111 cm³/mol. The Morgan fingerprint density at radius 1 is 1.14 bits per heavy atom. The molecule has 1 saturated heterocycles. The number of para-hydroxylation sites is 2. The Morgan fingerprint density at radius 3 is 2.55 bits per heavy atom. The van der Waals surface area contributed by atoms with E-state index < -0.39 is 15.9 Å². The first-order valence-corrected chi connectivity index (χ1v) is 11.0. The molecule has 2 aromatic rings. The van der Waals surface area contributed by atoms with Crippen LogP contribution in [0.4, 0.5) is 5.69 Å². The average Bonchev–Trinajstić information content (AvgIpc) is 2.74. The Balaban J connectivity index is 1.76. The number of carbonyl (C=O) groups excluding carboxylic acids is 1. The summed E-state index contributed by atoms with van der Waals surface area (Å²) in [4.78, 5) is 12.8. The fraction of sp³-hybridized carbons (Fsp3) is 0.350. The van der Waals surface area contributed by atoms with Gasteiger partial charge >= 0.3 is 0 Å². The third-order valence-corrected chi connectivity index (χ3v) is 7.04. The number of nitrogens with one attached hydrogen (secondary N) is 1. The number of ether oxygens (including phenoxy) is 2. The fourth-order valence-corrected chi connectivity index (χ4v) is 5.19. The van der Waals surface area contributed by atoms with Gasteiger partial charge in [-0.25, -0.2) is 8.42 Å². The van der Waals surface area contributed by atoms with Crippen LogP contribution in [-0.2, 0) is 14.8 Å². The van der Waals surface area contributed by atoms with Crippen molar-refractivity contribution in [1.82, 2.24) is 4.31 Å². The highest BCUT2D eigenvalue weighted by atomic mass is 35.5. The molecule has 0 saturated carbocycles. The van der Waals surface area contributed by atoms with Gasteiger partial charge in [-0.15, -0.1) is 0 Å². The second-order valence-electron chi connectivity index (χ2n) is 6.69. The Bertz CT molecular complexity index is 996. The number of halogens is 1. The summed E-state index contributed by atoms with van der Waals surface area (Å²) in [5.41, 5.74) is 0.557. The van der Waals surface area contributed by atoms with Crippen molar-refractivity contribution < 1.29 is 22.7 Å². The van der Waals surface area contributed by atoms with Gasteiger partial charge in [-0.3, -0.25) is 4.79 Å². The minimum atomic E-state index is -3.77. The van der Waals surface area contributed by atoms with Crippen LogP contribution in [0.25, 0.3) is 0 Å². The Kier molecular flexibility index (Phi) is 6.66. The van der Waals surface area contributed by atoms with Crippen molar-refractivity contribution in [1.29, 1.82) is 0 Å². The molecule has 1 atom stereocenters. The van der Waals surface area contributed by atoms with Crippen LogP contribution in [0.1, 0.15) is 12.8 Å². The number of benzene rings is 2. The number of carbonyl (C=O) groups is 1. The minimum Gasteiger partial charge on any atom is -0.495 e. The molecule has 1 aliphatic heterocycles. The zero-order chi connectivity index (χ0) is 21.0. The highest BCUT2D eigenvalue weighted by molar-refractivity contribution is 7.89. The van der Waals surface area contributed by atoms with Gasteiger partial charge in [0.05, 0.1) is 35.7 Å². The lowest BCUT2D eigenvalue weighted by Gasteiger charge is -2.31. The van der Waals surface area contributed by atoms with Gasteiger partial charge in [-0.05, 0) is 43.2 Å². The monoisotopic (exact) mass is 438 g/mol. The molecule has 3 rings (SSSR count). The maximum atomic E-state index is 13.0. The number of hydrogen-bond donors (Lipinski definition) is 1. The van der Waals surface area contributed by atoms with Gasteiger partial charge < -0.3 is 14.8 Å². The summed E-state index contributed by atoms with van der Waals surface area (Å²) >= 11 is 6.09. The van der Waals surface area contributed by atoms with Gasteiger partial charge in [0.1, 0.15) is 11.5 Å². The van der Waals surface area contributed by atoms with Gasteiger partial charge in [-0.2, -0.15) is 4.31 Å². The molecule has 1 fully saturated rings. The lowest BCUT2D eigenvalue weighted by Crippen LogP contribution is -2.43. The summed E-state index contributed by atoms with van der Waals surface area (Å²) in [6, 6.07) is 11.4. The van der Waals surface area contributed by atoms with Crippen LogP contribution in [0.15, 0.2) is 47.4 Å². The largest absolute Gasteiger partial charge is 0.495 e. The van der Waals surface area contributed by atoms with E-state index in [1.165, 1.54) is 36.7 Å². The van der Waals surface area contributed by atoms with Crippen molar-refractivity contribution in [3.63, 3.8) is 0 Å². The molecule has 1 N–H and O–H groups in total. The fourth-order valence-electron chi connectivity index (χ4n) is 3.31. The maximum Gasteiger partial charge on any atom is 0.243 e. The van der Waals surface area contributed by atoms with Gasteiger partial charge in [0.2, 0.25) is 15.9 Å². The van der Waals surface area contributed by atoms with Crippen LogP contribution >= 0.6 is 11.6 Å². The van der Waals surface area contributed by atoms with E-state index in [0.717, 1.165) is 0 Å². The van der Waals surface area contributed by atoms with Gasteiger partial charge in [0.15, 0.2) is 0 Å². The summed E-state index contributed by atoms with van der Waals surface area (Å²) in [7, 11) is -0.782. The number of piperidine rings is 1. The molecule has 7 nitrogen and oxygen atoms in total.